The number of carbonyl (C=O) groups is 2. The van der Waals surface area contributed by atoms with Gasteiger partial charge in [-0.15, -0.1) is 0 Å². The summed E-state index contributed by atoms with van der Waals surface area (Å²) < 4.78 is 0. The van der Waals surface area contributed by atoms with Gasteiger partial charge in [-0.1, -0.05) is 6.07 Å². The molecule has 0 aliphatic heterocycles. The second-order valence-electron chi connectivity index (χ2n) is 9.69. The molecule has 1 aromatic rings. The van der Waals surface area contributed by atoms with Gasteiger partial charge in [0.1, 0.15) is 0 Å². The van der Waals surface area contributed by atoms with Crippen molar-refractivity contribution in [1.82, 2.24) is 10.7 Å². The number of hydrazine groups is 1. The fourth-order valence-electron chi connectivity index (χ4n) is 6.32. The van der Waals surface area contributed by atoms with Crippen molar-refractivity contribution in [3.8, 4) is 0 Å². The van der Waals surface area contributed by atoms with Crippen molar-refractivity contribution in [3.05, 3.63) is 28.3 Å². The Morgan fingerprint density at radius 3 is 1.93 bits per heavy atom. The summed E-state index contributed by atoms with van der Waals surface area (Å²) in [6.07, 6.45) is 6.99. The van der Waals surface area contributed by atoms with Gasteiger partial charge < -0.3 is 5.32 Å². The lowest BCUT2D eigenvalue weighted by Gasteiger charge is -2.55. The summed E-state index contributed by atoms with van der Waals surface area (Å²) in [5.74, 6) is 2.06. The minimum atomic E-state index is -0.212. The molecule has 5 heteroatoms. The smallest absolute Gasteiger partial charge is 0.257 e. The molecule has 1 aromatic carbocycles. The summed E-state index contributed by atoms with van der Waals surface area (Å²) in [5, 5.41) is 2.94. The number of benzene rings is 1. The number of rotatable bonds is 5. The third-order valence-electron chi connectivity index (χ3n) is 7.62. The number of hydrogen-bond acceptors (Lipinski definition) is 3. The van der Waals surface area contributed by atoms with Crippen molar-refractivity contribution >= 4 is 17.5 Å². The standard InChI is InChI=1S/C23H33N3O2/c1-13-5-14(2)16(4)21(15(13)3)26-25-20(27)12-24-22(28)23-9-17-6-18(10-23)8-19(7-17)11-23/h5,17-19,26H,6-12H2,1-4H3,(H,24,28)(H,25,27). The van der Waals surface area contributed by atoms with E-state index in [1.165, 1.54) is 30.4 Å². The fraction of sp³-hybridized carbons (Fsp3) is 0.652. The van der Waals surface area contributed by atoms with E-state index < -0.39 is 0 Å². The molecule has 5 nitrogen and oxygen atoms in total. The minimum absolute atomic E-state index is 0.0243. The number of aryl methyl sites for hydroxylation is 2. The topological polar surface area (TPSA) is 70.2 Å². The van der Waals surface area contributed by atoms with E-state index >= 15 is 0 Å². The highest BCUT2D eigenvalue weighted by atomic mass is 16.2. The second-order valence-corrected chi connectivity index (χ2v) is 9.69. The average molecular weight is 384 g/mol. The molecule has 0 aromatic heterocycles. The first kappa shape index (κ1) is 19.3. The zero-order valence-corrected chi connectivity index (χ0v) is 17.6. The maximum absolute atomic E-state index is 13.0. The lowest BCUT2D eigenvalue weighted by molar-refractivity contribution is -0.147. The highest BCUT2D eigenvalue weighted by molar-refractivity contribution is 5.88. The summed E-state index contributed by atoms with van der Waals surface area (Å²) in [6, 6.07) is 2.16. The Hall–Kier alpha value is -2.04. The third-order valence-corrected chi connectivity index (χ3v) is 7.62. The lowest BCUT2D eigenvalue weighted by Crippen LogP contribution is -2.54. The predicted octanol–water partition coefficient (Wildman–Crippen LogP) is 3.70. The van der Waals surface area contributed by atoms with Crippen molar-refractivity contribution in [2.75, 3.05) is 12.0 Å². The van der Waals surface area contributed by atoms with Crippen LogP contribution in [0, 0.1) is 50.9 Å². The predicted molar refractivity (Wildman–Crippen MR) is 111 cm³/mol. The van der Waals surface area contributed by atoms with Crippen molar-refractivity contribution in [1.29, 1.82) is 0 Å². The van der Waals surface area contributed by atoms with Crippen LogP contribution in [-0.2, 0) is 9.59 Å². The van der Waals surface area contributed by atoms with E-state index in [-0.39, 0.29) is 23.8 Å². The number of amides is 2. The van der Waals surface area contributed by atoms with Crippen LogP contribution in [-0.4, -0.2) is 18.4 Å². The molecule has 152 valence electrons. The van der Waals surface area contributed by atoms with Crippen LogP contribution < -0.4 is 16.2 Å². The summed E-state index contributed by atoms with van der Waals surface area (Å²) in [4.78, 5) is 25.3. The zero-order chi connectivity index (χ0) is 20.1. The Kier molecular flexibility index (Phi) is 4.88. The molecular weight excluding hydrogens is 350 g/mol. The molecule has 4 saturated carbocycles. The van der Waals surface area contributed by atoms with E-state index in [0.717, 1.165) is 53.8 Å². The molecular formula is C23H33N3O2. The van der Waals surface area contributed by atoms with Crippen molar-refractivity contribution < 1.29 is 9.59 Å². The van der Waals surface area contributed by atoms with Gasteiger partial charge in [-0.3, -0.25) is 20.4 Å². The van der Waals surface area contributed by atoms with Crippen LogP contribution in [0.1, 0.15) is 60.8 Å². The third kappa shape index (κ3) is 3.40. The summed E-state index contributed by atoms with van der Waals surface area (Å²) in [5.41, 5.74) is 11.2. The van der Waals surface area contributed by atoms with E-state index in [1.807, 2.05) is 13.8 Å². The molecule has 4 aliphatic rings. The molecule has 0 spiro atoms. The molecule has 5 rings (SSSR count). The second kappa shape index (κ2) is 7.09. The number of carbonyl (C=O) groups excluding carboxylic acids is 2. The highest BCUT2D eigenvalue weighted by Crippen LogP contribution is 2.60. The molecule has 0 unspecified atom stereocenters. The van der Waals surface area contributed by atoms with Gasteiger partial charge in [0.15, 0.2) is 0 Å². The quantitative estimate of drug-likeness (QED) is 0.679. The maximum atomic E-state index is 13.0. The fourth-order valence-corrected chi connectivity index (χ4v) is 6.32. The average Bonchev–Trinajstić information content (AvgIpc) is 2.63. The van der Waals surface area contributed by atoms with Crippen molar-refractivity contribution in [3.63, 3.8) is 0 Å². The van der Waals surface area contributed by atoms with Crippen LogP contribution in [0.3, 0.4) is 0 Å². The van der Waals surface area contributed by atoms with Gasteiger partial charge >= 0.3 is 0 Å². The van der Waals surface area contributed by atoms with Gasteiger partial charge in [-0.2, -0.15) is 0 Å². The van der Waals surface area contributed by atoms with Gasteiger partial charge in [0.05, 0.1) is 12.2 Å². The lowest BCUT2D eigenvalue weighted by atomic mass is 9.49. The van der Waals surface area contributed by atoms with Gasteiger partial charge in [0, 0.05) is 5.41 Å². The molecule has 0 heterocycles. The van der Waals surface area contributed by atoms with Crippen LogP contribution in [0.25, 0.3) is 0 Å². The van der Waals surface area contributed by atoms with E-state index in [1.54, 1.807) is 0 Å². The van der Waals surface area contributed by atoms with Crippen molar-refractivity contribution in [2.45, 2.75) is 66.2 Å². The molecule has 4 fully saturated rings. The van der Waals surface area contributed by atoms with Crippen LogP contribution in [0.4, 0.5) is 5.69 Å². The van der Waals surface area contributed by atoms with Gasteiger partial charge in [0.25, 0.3) is 5.91 Å². The highest BCUT2D eigenvalue weighted by Gasteiger charge is 2.54. The first-order valence-corrected chi connectivity index (χ1v) is 10.7. The Labute approximate surface area is 168 Å². The Bertz CT molecular complexity index is 753. The summed E-state index contributed by atoms with van der Waals surface area (Å²) >= 11 is 0. The van der Waals surface area contributed by atoms with Crippen molar-refractivity contribution in [2.24, 2.45) is 23.2 Å². The number of anilines is 1. The van der Waals surface area contributed by atoms with Crippen LogP contribution in [0.5, 0.6) is 0 Å². The van der Waals surface area contributed by atoms with Gasteiger partial charge in [-0.05, 0) is 106 Å². The molecule has 0 saturated heterocycles. The zero-order valence-electron chi connectivity index (χ0n) is 17.6. The van der Waals surface area contributed by atoms with Gasteiger partial charge in [-0.25, -0.2) is 0 Å². The van der Waals surface area contributed by atoms with Crippen LogP contribution in [0.15, 0.2) is 6.07 Å². The monoisotopic (exact) mass is 383 g/mol. The van der Waals surface area contributed by atoms with E-state index in [4.69, 9.17) is 0 Å². The summed E-state index contributed by atoms with van der Waals surface area (Å²) in [6.45, 7) is 8.26. The Balaban J connectivity index is 1.33. The minimum Gasteiger partial charge on any atom is -0.346 e. The molecule has 4 bridgehead atoms. The summed E-state index contributed by atoms with van der Waals surface area (Å²) in [7, 11) is 0. The maximum Gasteiger partial charge on any atom is 0.257 e. The molecule has 0 atom stereocenters. The molecule has 28 heavy (non-hydrogen) atoms. The molecule has 3 N–H and O–H groups in total. The van der Waals surface area contributed by atoms with E-state index in [2.05, 4.69) is 36.1 Å². The van der Waals surface area contributed by atoms with Crippen LogP contribution in [0.2, 0.25) is 0 Å². The largest absolute Gasteiger partial charge is 0.346 e. The Morgan fingerprint density at radius 1 is 0.929 bits per heavy atom. The van der Waals surface area contributed by atoms with E-state index in [9.17, 15) is 9.59 Å². The molecule has 0 radical (unpaired) electrons. The molecule has 4 aliphatic carbocycles. The molecule has 2 amide bonds. The normalized spacial score (nSPS) is 30.2. The van der Waals surface area contributed by atoms with Gasteiger partial charge in [0.2, 0.25) is 5.91 Å². The number of nitrogens with one attached hydrogen (secondary N) is 3. The number of hydrogen-bond donors (Lipinski definition) is 3. The van der Waals surface area contributed by atoms with E-state index in [0.29, 0.717) is 0 Å². The van der Waals surface area contributed by atoms with Crippen LogP contribution >= 0.6 is 0 Å². The first-order chi connectivity index (χ1) is 13.3. The first-order valence-electron chi connectivity index (χ1n) is 10.7. The Morgan fingerprint density at radius 2 is 1.43 bits per heavy atom. The SMILES string of the molecule is Cc1cc(C)c(C)c(NNC(=O)CNC(=O)C23CC4CC(CC(C4)C2)C3)c1C.